The van der Waals surface area contributed by atoms with E-state index in [1.807, 2.05) is 35.0 Å². The average molecular weight is 539 g/mol. The fourth-order valence-corrected chi connectivity index (χ4v) is 6.60. The van der Waals surface area contributed by atoms with Gasteiger partial charge in [0.05, 0.1) is 35.1 Å². The molecule has 9 heteroatoms. The minimum absolute atomic E-state index is 0.119. The summed E-state index contributed by atoms with van der Waals surface area (Å²) in [4.78, 5) is 8.68. The maximum Gasteiger partial charge on any atom is 0.232 e. The molecule has 0 N–H and O–H groups in total. The minimum atomic E-state index is -0.119. The van der Waals surface area contributed by atoms with E-state index in [9.17, 15) is 0 Å². The molecule has 37 heavy (non-hydrogen) atoms. The number of hydrogen-bond acceptors (Lipinski definition) is 6. The molecule has 0 aromatic carbocycles. The summed E-state index contributed by atoms with van der Waals surface area (Å²) in [6.07, 6.45) is 15.7. The molecule has 7 nitrogen and oxygen atoms in total. The van der Waals surface area contributed by atoms with Crippen LogP contribution in [0.1, 0.15) is 68.6 Å². The van der Waals surface area contributed by atoms with Gasteiger partial charge in [0, 0.05) is 41.1 Å². The van der Waals surface area contributed by atoms with Crippen LogP contribution in [0.5, 0.6) is 5.88 Å². The quantitative estimate of drug-likeness (QED) is 0.235. The van der Waals surface area contributed by atoms with E-state index < -0.39 is 0 Å². The Bertz CT molecular complexity index is 1380. The predicted octanol–water partition coefficient (Wildman–Crippen LogP) is 7.26. The van der Waals surface area contributed by atoms with Crippen molar-refractivity contribution in [2.45, 2.75) is 69.5 Å². The van der Waals surface area contributed by atoms with Crippen molar-refractivity contribution < 1.29 is 14.0 Å². The fourth-order valence-electron chi connectivity index (χ4n) is 6.06. The van der Waals surface area contributed by atoms with Gasteiger partial charge in [-0.05, 0) is 63.5 Å². The molecule has 8 rings (SSSR count). The number of fused-ring (bicyclic) bond motifs is 4. The lowest BCUT2D eigenvalue weighted by molar-refractivity contribution is -0.150. The van der Waals surface area contributed by atoms with E-state index in [-0.39, 0.29) is 11.0 Å². The van der Waals surface area contributed by atoms with Crippen LogP contribution in [-0.4, -0.2) is 31.7 Å². The largest absolute Gasteiger partial charge is 0.476 e. The molecule has 4 fully saturated rings. The van der Waals surface area contributed by atoms with Gasteiger partial charge in [0.25, 0.3) is 0 Å². The van der Waals surface area contributed by atoms with Crippen LogP contribution in [0.3, 0.4) is 0 Å². The van der Waals surface area contributed by atoms with Crippen molar-refractivity contribution in [3.05, 3.63) is 64.4 Å². The van der Waals surface area contributed by atoms with E-state index in [0.29, 0.717) is 46.3 Å². The predicted molar refractivity (Wildman–Crippen MR) is 140 cm³/mol. The molecule has 0 atom stereocenters. The number of aromatic nitrogens is 4. The van der Waals surface area contributed by atoms with Gasteiger partial charge >= 0.3 is 0 Å². The van der Waals surface area contributed by atoms with Gasteiger partial charge in [-0.1, -0.05) is 34.4 Å². The van der Waals surface area contributed by atoms with Crippen LogP contribution in [0.15, 0.2) is 47.5 Å². The number of ether oxygens (including phenoxy) is 2. The third kappa shape index (κ3) is 4.31. The zero-order valence-corrected chi connectivity index (χ0v) is 22.0. The number of nitrogens with zero attached hydrogens (tertiary/aromatic N) is 4. The lowest BCUT2D eigenvalue weighted by Gasteiger charge is -2.52. The second-order valence-corrected chi connectivity index (χ2v) is 11.7. The van der Waals surface area contributed by atoms with Crippen LogP contribution in [0.25, 0.3) is 16.9 Å². The third-order valence-corrected chi connectivity index (χ3v) is 9.15. The highest BCUT2D eigenvalue weighted by Crippen LogP contribution is 2.55. The van der Waals surface area contributed by atoms with Gasteiger partial charge in [0.2, 0.25) is 5.88 Å². The van der Waals surface area contributed by atoms with Gasteiger partial charge < -0.3 is 18.4 Å². The topological polar surface area (TPSA) is 74.7 Å². The molecule has 4 aromatic rings. The molecular weight excluding hydrogens is 511 g/mol. The highest BCUT2D eigenvalue weighted by atomic mass is 35.5. The van der Waals surface area contributed by atoms with Gasteiger partial charge in [0.15, 0.2) is 0 Å². The Labute approximate surface area is 225 Å². The summed E-state index contributed by atoms with van der Waals surface area (Å²) in [6.45, 7) is 1.15. The normalized spacial score (nSPS) is 25.1. The average Bonchev–Trinajstić information content (AvgIpc) is 3.54. The molecule has 2 bridgehead atoms. The van der Waals surface area contributed by atoms with E-state index in [2.05, 4.69) is 15.1 Å². The van der Waals surface area contributed by atoms with Crippen molar-refractivity contribution >= 4 is 28.8 Å². The molecule has 0 saturated heterocycles. The molecule has 0 radical (unpaired) electrons. The van der Waals surface area contributed by atoms with E-state index in [1.54, 1.807) is 12.4 Å². The first kappa shape index (κ1) is 23.5. The van der Waals surface area contributed by atoms with E-state index in [1.165, 1.54) is 0 Å². The highest BCUT2D eigenvalue weighted by molar-refractivity contribution is 6.38. The Balaban J connectivity index is 1.04. The Morgan fingerprint density at radius 2 is 1.78 bits per heavy atom. The van der Waals surface area contributed by atoms with Crippen LogP contribution in [-0.2, 0) is 11.3 Å². The Kier molecular flexibility index (Phi) is 5.72. The lowest BCUT2D eigenvalue weighted by atomic mass is 9.59. The van der Waals surface area contributed by atoms with Crippen molar-refractivity contribution in [3.63, 3.8) is 0 Å². The summed E-state index contributed by atoms with van der Waals surface area (Å²) in [5.41, 5.74) is 3.30. The van der Waals surface area contributed by atoms with E-state index >= 15 is 0 Å². The first-order valence-corrected chi connectivity index (χ1v) is 13.8. The summed E-state index contributed by atoms with van der Waals surface area (Å²) in [5, 5.41) is 5.33. The smallest absolute Gasteiger partial charge is 0.232 e. The molecule has 0 unspecified atom stereocenters. The molecule has 0 amide bonds. The monoisotopic (exact) mass is 538 g/mol. The van der Waals surface area contributed by atoms with Crippen molar-refractivity contribution in [1.29, 1.82) is 0 Å². The van der Waals surface area contributed by atoms with Crippen molar-refractivity contribution in [3.8, 4) is 17.1 Å². The number of imidazole rings is 1. The first-order valence-electron chi connectivity index (χ1n) is 13.0. The van der Waals surface area contributed by atoms with Crippen molar-refractivity contribution in [2.24, 2.45) is 5.41 Å². The molecule has 4 aromatic heterocycles. The van der Waals surface area contributed by atoms with Crippen LogP contribution in [0.2, 0.25) is 10.0 Å². The number of halogens is 2. The van der Waals surface area contributed by atoms with Crippen LogP contribution >= 0.6 is 23.2 Å². The van der Waals surface area contributed by atoms with Gasteiger partial charge in [-0.15, -0.1) is 0 Å². The summed E-state index contributed by atoms with van der Waals surface area (Å²) >= 11 is 13.0. The number of rotatable bonds is 8. The molecule has 4 saturated carbocycles. The molecule has 4 heterocycles. The maximum absolute atomic E-state index is 6.75. The molecular formula is C28H28Cl2N4O3. The highest BCUT2D eigenvalue weighted by Gasteiger charge is 2.50. The second kappa shape index (κ2) is 9.00. The van der Waals surface area contributed by atoms with Crippen molar-refractivity contribution in [2.75, 3.05) is 6.61 Å². The third-order valence-electron chi connectivity index (χ3n) is 8.58. The molecule has 0 spiro atoms. The minimum Gasteiger partial charge on any atom is -0.476 e. The van der Waals surface area contributed by atoms with Crippen LogP contribution in [0, 0.1) is 5.41 Å². The standard InChI is InChI=1S/C28H28Cl2N4O3/c29-20-13-31-14-21(30)24(20)25-19(26(37-33-25)18-4-5-18)16-36-28-9-6-27(7-10-28,8-11-28)17-35-23-15-34-12-2-1-3-22(34)32-23/h1-3,12-15,18H,4-11,16-17H2. The molecule has 4 aliphatic carbocycles. The SMILES string of the molecule is Clc1cncc(Cl)c1-c1noc(C2CC2)c1COC12CCC(COc3cn4ccccc4n3)(CC1)CC2. The number of pyridine rings is 2. The van der Waals surface area contributed by atoms with Crippen LogP contribution < -0.4 is 4.74 Å². The number of hydrogen-bond donors (Lipinski definition) is 0. The Morgan fingerprint density at radius 3 is 2.49 bits per heavy atom. The fraction of sp³-hybridized carbons (Fsp3) is 0.464. The van der Waals surface area contributed by atoms with E-state index in [0.717, 1.165) is 68.3 Å². The molecule has 192 valence electrons. The lowest BCUT2D eigenvalue weighted by Crippen LogP contribution is -2.49. The summed E-state index contributed by atoms with van der Waals surface area (Å²) in [5.74, 6) is 2.01. The second-order valence-electron chi connectivity index (χ2n) is 10.9. The van der Waals surface area contributed by atoms with Gasteiger partial charge in [0.1, 0.15) is 17.1 Å². The first-order chi connectivity index (χ1) is 18.0. The zero-order chi connectivity index (χ0) is 25.0. The maximum atomic E-state index is 6.75. The Morgan fingerprint density at radius 1 is 1.03 bits per heavy atom. The Hall–Kier alpha value is -2.61. The van der Waals surface area contributed by atoms with Gasteiger partial charge in [-0.2, -0.15) is 4.98 Å². The summed E-state index contributed by atoms with van der Waals surface area (Å²) in [6, 6.07) is 5.97. The van der Waals surface area contributed by atoms with Gasteiger partial charge in [-0.3, -0.25) is 4.98 Å². The van der Waals surface area contributed by atoms with Gasteiger partial charge in [-0.25, -0.2) is 0 Å². The van der Waals surface area contributed by atoms with Crippen LogP contribution in [0.4, 0.5) is 0 Å². The van der Waals surface area contributed by atoms with Crippen molar-refractivity contribution in [1.82, 2.24) is 19.5 Å². The van der Waals surface area contributed by atoms with E-state index in [4.69, 9.17) is 37.2 Å². The summed E-state index contributed by atoms with van der Waals surface area (Å²) in [7, 11) is 0. The zero-order valence-electron chi connectivity index (χ0n) is 20.5. The molecule has 0 aliphatic heterocycles. The molecule has 4 aliphatic rings. The summed E-state index contributed by atoms with van der Waals surface area (Å²) < 4.78 is 20.8.